The number of aromatic nitrogens is 2. The Labute approximate surface area is 102 Å². The minimum Gasteiger partial charge on any atom is -0.320 e. The lowest BCUT2D eigenvalue weighted by Crippen LogP contribution is -2.39. The lowest BCUT2D eigenvalue weighted by atomic mass is 9.92. The van der Waals surface area contributed by atoms with Gasteiger partial charge in [0.2, 0.25) is 5.91 Å². The van der Waals surface area contributed by atoms with Gasteiger partial charge in [-0.15, -0.1) is 0 Å². The number of hydrogen-bond donors (Lipinski definition) is 3. The van der Waals surface area contributed by atoms with Crippen LogP contribution in [0.3, 0.4) is 0 Å². The Bertz CT molecular complexity index is 389. The summed E-state index contributed by atoms with van der Waals surface area (Å²) in [4.78, 5) is 11.7. The fourth-order valence-electron chi connectivity index (χ4n) is 1.28. The van der Waals surface area contributed by atoms with E-state index in [1.807, 2.05) is 19.9 Å². The van der Waals surface area contributed by atoms with Crippen LogP contribution in [0.2, 0.25) is 0 Å². The third-order valence-electron chi connectivity index (χ3n) is 2.66. The molecule has 1 heterocycles. The van der Waals surface area contributed by atoms with E-state index in [0.29, 0.717) is 5.82 Å². The van der Waals surface area contributed by atoms with Gasteiger partial charge >= 0.3 is 0 Å². The van der Waals surface area contributed by atoms with Gasteiger partial charge in [0.15, 0.2) is 5.82 Å². The molecule has 0 fully saturated rings. The average Bonchev–Trinajstić information content (AvgIpc) is 2.64. The van der Waals surface area contributed by atoms with E-state index >= 15 is 0 Å². The van der Waals surface area contributed by atoms with Gasteiger partial charge < -0.3 is 11.1 Å². The van der Waals surface area contributed by atoms with Gasteiger partial charge in [-0.25, -0.2) is 0 Å². The van der Waals surface area contributed by atoms with Crippen LogP contribution in [0.1, 0.15) is 40.3 Å². The molecule has 17 heavy (non-hydrogen) atoms. The van der Waals surface area contributed by atoms with E-state index in [4.69, 9.17) is 5.73 Å². The molecule has 0 aliphatic carbocycles. The molecule has 0 aliphatic rings. The van der Waals surface area contributed by atoms with Crippen LogP contribution in [0, 0.1) is 5.92 Å². The van der Waals surface area contributed by atoms with Gasteiger partial charge in [0.25, 0.3) is 0 Å². The number of nitrogens with one attached hydrogen (secondary N) is 2. The first kappa shape index (κ1) is 13.7. The highest BCUT2D eigenvalue weighted by atomic mass is 16.2. The summed E-state index contributed by atoms with van der Waals surface area (Å²) in [5.74, 6) is 0.430. The Kier molecular flexibility index (Phi) is 3.93. The number of anilines is 1. The second-order valence-electron chi connectivity index (χ2n) is 5.68. The smallest absolute Gasteiger partial charge is 0.242 e. The van der Waals surface area contributed by atoms with Crippen LogP contribution in [0.25, 0.3) is 0 Å². The van der Waals surface area contributed by atoms with Crippen LogP contribution in [-0.2, 0) is 10.2 Å². The Morgan fingerprint density at radius 1 is 1.47 bits per heavy atom. The molecule has 5 heteroatoms. The van der Waals surface area contributed by atoms with Crippen molar-refractivity contribution in [3.63, 3.8) is 0 Å². The number of hydrogen-bond acceptors (Lipinski definition) is 3. The van der Waals surface area contributed by atoms with Crippen LogP contribution >= 0.6 is 0 Å². The molecule has 0 aromatic carbocycles. The second-order valence-corrected chi connectivity index (χ2v) is 5.68. The zero-order chi connectivity index (χ0) is 13.2. The normalized spacial score (nSPS) is 13.8. The maximum Gasteiger partial charge on any atom is 0.242 e. The van der Waals surface area contributed by atoms with Crippen LogP contribution in [0.5, 0.6) is 0 Å². The van der Waals surface area contributed by atoms with E-state index in [0.717, 1.165) is 5.69 Å². The number of aromatic amines is 1. The van der Waals surface area contributed by atoms with Crippen molar-refractivity contribution in [3.05, 3.63) is 11.8 Å². The lowest BCUT2D eigenvalue weighted by Gasteiger charge is -2.15. The number of carbonyl (C=O) groups is 1. The van der Waals surface area contributed by atoms with Crippen LogP contribution in [0.15, 0.2) is 6.07 Å². The number of nitrogens with zero attached hydrogens (tertiary/aromatic N) is 1. The summed E-state index contributed by atoms with van der Waals surface area (Å²) in [7, 11) is 0. The van der Waals surface area contributed by atoms with Crippen LogP contribution in [0.4, 0.5) is 5.82 Å². The highest BCUT2D eigenvalue weighted by molar-refractivity contribution is 5.94. The quantitative estimate of drug-likeness (QED) is 0.748. The fourth-order valence-corrected chi connectivity index (χ4v) is 1.28. The minimum absolute atomic E-state index is 0.0177. The van der Waals surface area contributed by atoms with Crippen LogP contribution in [-0.4, -0.2) is 22.1 Å². The molecular formula is C12H22N4O. The number of rotatable bonds is 3. The third-order valence-corrected chi connectivity index (χ3v) is 2.66. The number of H-pyrrole nitrogens is 1. The Balaban J connectivity index is 2.71. The van der Waals surface area contributed by atoms with Crippen molar-refractivity contribution < 1.29 is 4.79 Å². The summed E-state index contributed by atoms with van der Waals surface area (Å²) in [5.41, 5.74) is 6.71. The maximum atomic E-state index is 11.7. The van der Waals surface area contributed by atoms with Crippen molar-refractivity contribution in [1.82, 2.24) is 10.2 Å². The predicted octanol–water partition coefficient (Wildman–Crippen LogP) is 1.63. The summed E-state index contributed by atoms with van der Waals surface area (Å²) in [5, 5.41) is 9.67. The average molecular weight is 238 g/mol. The largest absolute Gasteiger partial charge is 0.320 e. The van der Waals surface area contributed by atoms with E-state index in [-0.39, 0.29) is 17.2 Å². The minimum atomic E-state index is -0.509. The molecule has 0 radical (unpaired) electrons. The fraction of sp³-hybridized carbons (Fsp3) is 0.667. The molecule has 96 valence electrons. The van der Waals surface area contributed by atoms with E-state index in [9.17, 15) is 4.79 Å². The predicted molar refractivity (Wildman–Crippen MR) is 68.7 cm³/mol. The molecule has 0 saturated carbocycles. The van der Waals surface area contributed by atoms with Crippen molar-refractivity contribution in [2.24, 2.45) is 11.7 Å². The molecule has 5 nitrogen and oxygen atoms in total. The van der Waals surface area contributed by atoms with Crippen molar-refractivity contribution in [3.8, 4) is 0 Å². The van der Waals surface area contributed by atoms with Crippen molar-refractivity contribution in [2.45, 2.75) is 46.1 Å². The molecule has 1 amide bonds. The Morgan fingerprint density at radius 3 is 2.47 bits per heavy atom. The van der Waals surface area contributed by atoms with E-state index in [1.54, 1.807) is 0 Å². The molecule has 0 spiro atoms. The highest BCUT2D eigenvalue weighted by Crippen LogP contribution is 2.21. The lowest BCUT2D eigenvalue weighted by molar-refractivity contribution is -0.118. The standard InChI is InChI=1S/C12H22N4O/c1-7(2)10(13)11(17)14-9-6-8(15-16-9)12(3,4)5/h6-7,10H,13H2,1-5H3,(H2,14,15,16,17)/t10-/m1/s1. The van der Waals surface area contributed by atoms with Gasteiger partial charge in [0, 0.05) is 17.2 Å². The molecule has 0 aliphatic heterocycles. The molecule has 0 saturated heterocycles. The van der Waals surface area contributed by atoms with Gasteiger partial charge in [-0.05, 0) is 5.92 Å². The van der Waals surface area contributed by atoms with Gasteiger partial charge in [-0.1, -0.05) is 34.6 Å². The molecule has 1 atom stereocenters. The SMILES string of the molecule is CC(C)[C@@H](N)C(=O)Nc1cc(C(C)(C)C)[nH]n1. The van der Waals surface area contributed by atoms with Gasteiger partial charge in [-0.2, -0.15) is 5.10 Å². The first-order chi connectivity index (χ1) is 7.71. The van der Waals surface area contributed by atoms with Crippen molar-refractivity contribution >= 4 is 11.7 Å². The van der Waals surface area contributed by atoms with Gasteiger partial charge in [0.1, 0.15) is 0 Å². The zero-order valence-electron chi connectivity index (χ0n) is 11.2. The van der Waals surface area contributed by atoms with Crippen molar-refractivity contribution in [1.29, 1.82) is 0 Å². The maximum absolute atomic E-state index is 11.7. The summed E-state index contributed by atoms with van der Waals surface area (Å²) in [6.45, 7) is 10.1. The first-order valence-corrected chi connectivity index (χ1v) is 5.84. The number of carbonyl (C=O) groups excluding carboxylic acids is 1. The summed E-state index contributed by atoms with van der Waals surface area (Å²) < 4.78 is 0. The summed E-state index contributed by atoms with van der Waals surface area (Å²) in [6.07, 6.45) is 0. The molecule has 0 unspecified atom stereocenters. The highest BCUT2D eigenvalue weighted by Gasteiger charge is 2.20. The molecule has 1 aromatic heterocycles. The molecular weight excluding hydrogens is 216 g/mol. The van der Waals surface area contributed by atoms with E-state index in [1.165, 1.54) is 0 Å². The summed E-state index contributed by atoms with van der Waals surface area (Å²) in [6, 6.07) is 1.33. The van der Waals surface area contributed by atoms with Crippen molar-refractivity contribution in [2.75, 3.05) is 5.32 Å². The van der Waals surface area contributed by atoms with Gasteiger partial charge in [0.05, 0.1) is 6.04 Å². The third kappa shape index (κ3) is 3.56. The van der Waals surface area contributed by atoms with E-state index < -0.39 is 6.04 Å². The molecule has 1 rings (SSSR count). The Hall–Kier alpha value is -1.36. The second kappa shape index (κ2) is 4.87. The zero-order valence-corrected chi connectivity index (χ0v) is 11.2. The monoisotopic (exact) mass is 238 g/mol. The number of nitrogens with two attached hydrogens (primary N) is 1. The van der Waals surface area contributed by atoms with Crippen LogP contribution < -0.4 is 11.1 Å². The molecule has 4 N–H and O–H groups in total. The van der Waals surface area contributed by atoms with E-state index in [2.05, 4.69) is 36.3 Å². The molecule has 1 aromatic rings. The molecule has 0 bridgehead atoms. The topological polar surface area (TPSA) is 83.8 Å². The van der Waals surface area contributed by atoms with Gasteiger partial charge in [-0.3, -0.25) is 9.89 Å². The summed E-state index contributed by atoms with van der Waals surface area (Å²) >= 11 is 0. The Morgan fingerprint density at radius 2 is 2.06 bits per heavy atom. The first-order valence-electron chi connectivity index (χ1n) is 5.84. The number of amides is 1.